The molecule has 1 aliphatic heterocycles. The van der Waals surface area contributed by atoms with Gasteiger partial charge in [-0.2, -0.15) is 0 Å². The van der Waals surface area contributed by atoms with Crippen molar-refractivity contribution in [3.05, 3.63) is 29.8 Å². The van der Waals surface area contributed by atoms with Crippen LogP contribution in [0, 0.1) is 11.8 Å². The van der Waals surface area contributed by atoms with Gasteiger partial charge in [0.2, 0.25) is 0 Å². The Morgan fingerprint density at radius 1 is 1.11 bits per heavy atom. The third-order valence-corrected chi connectivity index (χ3v) is 4.64. The minimum atomic E-state index is -0.449. The number of nitrogens with zero attached hydrogens (tertiary/aromatic N) is 1. The zero-order valence-corrected chi connectivity index (χ0v) is 11.3. The lowest BCUT2D eigenvalue weighted by Crippen LogP contribution is -2.32. The van der Waals surface area contributed by atoms with Crippen LogP contribution in [0.4, 0.5) is 0 Å². The van der Waals surface area contributed by atoms with Crippen LogP contribution < -0.4 is 0 Å². The molecular weight excluding hydrogens is 238 g/mol. The standard InChI is InChI=1S/C16H23NO2/c18-15-5-3-12(4-6-15)16(19)11-17-8-1-2-13-10-14(13)7-9-17/h3-6,13-14,16,18-19H,1-2,7-11H2/t13?,14-,16?/m0/s1. The molecule has 104 valence electrons. The molecule has 2 aliphatic rings. The summed E-state index contributed by atoms with van der Waals surface area (Å²) < 4.78 is 0. The number of β-amino-alcohol motifs (C(OH)–C–C–N with tert-alkyl or cyclic N) is 1. The second-order valence-corrected chi connectivity index (χ2v) is 6.09. The summed E-state index contributed by atoms with van der Waals surface area (Å²) in [5, 5.41) is 19.5. The lowest BCUT2D eigenvalue weighted by molar-refractivity contribution is 0.107. The molecule has 3 atom stereocenters. The molecule has 2 unspecified atom stereocenters. The summed E-state index contributed by atoms with van der Waals surface area (Å²) in [5.41, 5.74) is 0.893. The number of hydrogen-bond acceptors (Lipinski definition) is 3. The summed E-state index contributed by atoms with van der Waals surface area (Å²) in [6, 6.07) is 6.89. The van der Waals surface area contributed by atoms with Gasteiger partial charge in [0.25, 0.3) is 0 Å². The molecule has 0 aromatic heterocycles. The van der Waals surface area contributed by atoms with E-state index in [0.29, 0.717) is 6.54 Å². The van der Waals surface area contributed by atoms with Gasteiger partial charge in [-0.3, -0.25) is 0 Å². The third kappa shape index (κ3) is 3.28. The maximum Gasteiger partial charge on any atom is 0.115 e. The first kappa shape index (κ1) is 12.9. The van der Waals surface area contributed by atoms with Crippen molar-refractivity contribution in [2.45, 2.75) is 31.8 Å². The van der Waals surface area contributed by atoms with Crippen LogP contribution in [-0.2, 0) is 0 Å². The molecule has 3 heteroatoms. The van der Waals surface area contributed by atoms with Gasteiger partial charge in [-0.1, -0.05) is 12.1 Å². The van der Waals surface area contributed by atoms with Gasteiger partial charge >= 0.3 is 0 Å². The molecule has 1 heterocycles. The molecule has 3 nitrogen and oxygen atoms in total. The van der Waals surface area contributed by atoms with Crippen molar-refractivity contribution in [1.82, 2.24) is 4.90 Å². The fraction of sp³-hybridized carbons (Fsp3) is 0.625. The highest BCUT2D eigenvalue weighted by atomic mass is 16.3. The van der Waals surface area contributed by atoms with E-state index in [1.165, 1.54) is 25.7 Å². The fourth-order valence-electron chi connectivity index (χ4n) is 3.28. The lowest BCUT2D eigenvalue weighted by Gasteiger charge is -2.26. The average Bonchev–Trinajstić information content (AvgIpc) is 3.11. The minimum Gasteiger partial charge on any atom is -0.508 e. The Hall–Kier alpha value is -1.06. The van der Waals surface area contributed by atoms with Crippen molar-refractivity contribution in [3.8, 4) is 5.75 Å². The van der Waals surface area contributed by atoms with E-state index in [0.717, 1.165) is 30.5 Å². The molecule has 19 heavy (non-hydrogen) atoms. The topological polar surface area (TPSA) is 43.7 Å². The van der Waals surface area contributed by atoms with Crippen molar-refractivity contribution in [1.29, 1.82) is 0 Å². The number of fused-ring (bicyclic) bond motifs is 1. The molecule has 0 amide bonds. The highest BCUT2D eigenvalue weighted by molar-refractivity contribution is 5.27. The van der Waals surface area contributed by atoms with Crippen LogP contribution in [0.1, 0.15) is 37.4 Å². The van der Waals surface area contributed by atoms with Gasteiger partial charge in [-0.05, 0) is 68.3 Å². The van der Waals surface area contributed by atoms with Crippen LogP contribution in [0.2, 0.25) is 0 Å². The SMILES string of the molecule is Oc1ccc(C(O)CN2CCCC3C[C@@H]3CC2)cc1. The maximum atomic E-state index is 10.3. The van der Waals surface area contributed by atoms with Gasteiger partial charge in [0, 0.05) is 6.54 Å². The number of likely N-dealkylation sites (tertiary alicyclic amines) is 1. The molecule has 2 fully saturated rings. The van der Waals surface area contributed by atoms with Gasteiger partial charge in [-0.25, -0.2) is 0 Å². The Morgan fingerprint density at radius 3 is 2.63 bits per heavy atom. The lowest BCUT2D eigenvalue weighted by atomic mass is 10.1. The highest BCUT2D eigenvalue weighted by Gasteiger charge is 2.37. The van der Waals surface area contributed by atoms with E-state index in [9.17, 15) is 10.2 Å². The molecule has 0 spiro atoms. The Kier molecular flexibility index (Phi) is 3.76. The van der Waals surface area contributed by atoms with E-state index in [-0.39, 0.29) is 5.75 Å². The molecule has 1 aliphatic carbocycles. The zero-order valence-electron chi connectivity index (χ0n) is 11.3. The van der Waals surface area contributed by atoms with Crippen LogP contribution >= 0.6 is 0 Å². The van der Waals surface area contributed by atoms with Gasteiger partial charge in [0.15, 0.2) is 0 Å². The van der Waals surface area contributed by atoms with E-state index in [1.54, 1.807) is 24.3 Å². The monoisotopic (exact) mass is 261 g/mol. The molecule has 1 saturated heterocycles. The van der Waals surface area contributed by atoms with Crippen molar-refractivity contribution in [2.75, 3.05) is 19.6 Å². The summed E-state index contributed by atoms with van der Waals surface area (Å²) in [4.78, 5) is 2.39. The van der Waals surface area contributed by atoms with E-state index < -0.39 is 6.10 Å². The van der Waals surface area contributed by atoms with E-state index >= 15 is 0 Å². The number of aliphatic hydroxyl groups excluding tert-OH is 1. The van der Waals surface area contributed by atoms with Gasteiger partial charge in [-0.15, -0.1) is 0 Å². The number of aliphatic hydroxyl groups is 1. The molecule has 0 bridgehead atoms. The van der Waals surface area contributed by atoms with Gasteiger partial charge in [0.1, 0.15) is 5.75 Å². The van der Waals surface area contributed by atoms with Crippen LogP contribution in [-0.4, -0.2) is 34.7 Å². The summed E-state index contributed by atoms with van der Waals surface area (Å²) in [6.07, 6.45) is 4.93. The average molecular weight is 261 g/mol. The van der Waals surface area contributed by atoms with Crippen LogP contribution in [0.25, 0.3) is 0 Å². The number of rotatable bonds is 3. The summed E-state index contributed by atoms with van der Waals surface area (Å²) in [6.45, 7) is 2.94. The second kappa shape index (κ2) is 5.51. The molecule has 1 aromatic rings. The molecule has 1 saturated carbocycles. The fourth-order valence-corrected chi connectivity index (χ4v) is 3.28. The van der Waals surface area contributed by atoms with Crippen LogP contribution in [0.5, 0.6) is 5.75 Å². The van der Waals surface area contributed by atoms with Crippen molar-refractivity contribution < 1.29 is 10.2 Å². The number of hydrogen-bond donors (Lipinski definition) is 2. The number of benzene rings is 1. The summed E-state index contributed by atoms with van der Waals surface area (Å²) in [5.74, 6) is 2.24. The normalized spacial score (nSPS) is 29.1. The minimum absolute atomic E-state index is 0.252. The largest absolute Gasteiger partial charge is 0.508 e. The number of phenols is 1. The molecule has 1 aromatic carbocycles. The molecule has 0 radical (unpaired) electrons. The molecule has 2 N–H and O–H groups in total. The summed E-state index contributed by atoms with van der Waals surface area (Å²) >= 11 is 0. The predicted octanol–water partition coefficient (Wildman–Crippen LogP) is 2.55. The molecule has 3 rings (SSSR count). The predicted molar refractivity (Wildman–Crippen MR) is 75.0 cm³/mol. The van der Waals surface area contributed by atoms with Crippen molar-refractivity contribution >= 4 is 0 Å². The number of aromatic hydroxyl groups is 1. The van der Waals surface area contributed by atoms with E-state index in [4.69, 9.17) is 0 Å². The highest BCUT2D eigenvalue weighted by Crippen LogP contribution is 2.45. The van der Waals surface area contributed by atoms with Crippen LogP contribution in [0.3, 0.4) is 0 Å². The van der Waals surface area contributed by atoms with Crippen molar-refractivity contribution in [3.63, 3.8) is 0 Å². The zero-order chi connectivity index (χ0) is 13.2. The van der Waals surface area contributed by atoms with Gasteiger partial charge in [0.05, 0.1) is 6.10 Å². The third-order valence-electron chi connectivity index (χ3n) is 4.64. The van der Waals surface area contributed by atoms with E-state index in [1.807, 2.05) is 0 Å². The Bertz CT molecular complexity index is 417. The Balaban J connectivity index is 1.55. The number of phenolic OH excluding ortho intramolecular Hbond substituents is 1. The van der Waals surface area contributed by atoms with Crippen LogP contribution in [0.15, 0.2) is 24.3 Å². The Morgan fingerprint density at radius 2 is 1.84 bits per heavy atom. The van der Waals surface area contributed by atoms with Crippen molar-refractivity contribution in [2.24, 2.45) is 11.8 Å². The van der Waals surface area contributed by atoms with Gasteiger partial charge < -0.3 is 15.1 Å². The van der Waals surface area contributed by atoms with E-state index in [2.05, 4.69) is 4.90 Å². The smallest absolute Gasteiger partial charge is 0.115 e. The Labute approximate surface area is 114 Å². The second-order valence-electron chi connectivity index (χ2n) is 6.09. The first-order chi connectivity index (χ1) is 9.22. The first-order valence-corrected chi connectivity index (χ1v) is 7.42. The summed E-state index contributed by atoms with van der Waals surface area (Å²) in [7, 11) is 0. The quantitative estimate of drug-likeness (QED) is 0.879. The first-order valence-electron chi connectivity index (χ1n) is 7.42. The molecular formula is C16H23NO2. The maximum absolute atomic E-state index is 10.3.